The molecule has 3 aromatic rings. The quantitative estimate of drug-likeness (QED) is 0.576. The molecule has 1 saturated heterocycles. The van der Waals surface area contributed by atoms with E-state index in [1.54, 1.807) is 24.3 Å². The molecular formula is C26H25FN2O. The van der Waals surface area contributed by atoms with Gasteiger partial charge in [-0.15, -0.1) is 0 Å². The van der Waals surface area contributed by atoms with Crippen LogP contribution in [0, 0.1) is 5.82 Å². The van der Waals surface area contributed by atoms with Crippen LogP contribution in [0.2, 0.25) is 0 Å². The van der Waals surface area contributed by atoms with Crippen molar-refractivity contribution in [3.05, 3.63) is 114 Å². The first kappa shape index (κ1) is 20.0. The minimum Gasteiger partial charge on any atom is -0.337 e. The van der Waals surface area contributed by atoms with Crippen molar-refractivity contribution in [2.24, 2.45) is 0 Å². The van der Waals surface area contributed by atoms with Crippen LogP contribution in [0.15, 0.2) is 91.0 Å². The molecule has 1 heterocycles. The predicted octanol–water partition coefficient (Wildman–Crippen LogP) is 4.77. The van der Waals surface area contributed by atoms with E-state index in [2.05, 4.69) is 53.4 Å². The van der Waals surface area contributed by atoms with Gasteiger partial charge in [0, 0.05) is 32.3 Å². The van der Waals surface area contributed by atoms with Crippen LogP contribution < -0.4 is 0 Å². The van der Waals surface area contributed by atoms with Crippen molar-refractivity contribution >= 4 is 12.0 Å². The highest BCUT2D eigenvalue weighted by molar-refractivity contribution is 5.91. The Kier molecular flexibility index (Phi) is 6.35. The molecule has 4 heteroatoms. The summed E-state index contributed by atoms with van der Waals surface area (Å²) in [6, 6.07) is 27.4. The minimum atomic E-state index is -0.277. The fourth-order valence-corrected chi connectivity index (χ4v) is 3.93. The van der Waals surface area contributed by atoms with Gasteiger partial charge in [-0.25, -0.2) is 4.39 Å². The molecule has 1 aliphatic rings. The van der Waals surface area contributed by atoms with E-state index in [0.29, 0.717) is 13.1 Å². The standard InChI is InChI=1S/C26H25FN2O/c27-24-14-11-21(12-15-24)13-16-25(30)28-17-19-29(20-18-28)26(22-7-3-1-4-8-22)23-9-5-2-6-10-23/h1-16,26H,17-20H2. The molecule has 1 aliphatic heterocycles. The van der Waals surface area contributed by atoms with Gasteiger partial charge in [-0.3, -0.25) is 9.69 Å². The Bertz CT molecular complexity index is 939. The van der Waals surface area contributed by atoms with E-state index < -0.39 is 0 Å². The third-order valence-electron chi connectivity index (χ3n) is 5.51. The number of carbonyl (C=O) groups excluding carboxylic acids is 1. The molecule has 3 nitrogen and oxygen atoms in total. The number of carbonyl (C=O) groups is 1. The van der Waals surface area contributed by atoms with E-state index in [1.165, 1.54) is 23.3 Å². The average Bonchev–Trinajstić information content (AvgIpc) is 2.81. The Hall–Kier alpha value is -3.24. The summed E-state index contributed by atoms with van der Waals surface area (Å²) in [6.45, 7) is 2.99. The second-order valence-corrected chi connectivity index (χ2v) is 7.47. The molecule has 0 bridgehead atoms. The van der Waals surface area contributed by atoms with Crippen molar-refractivity contribution in [2.75, 3.05) is 26.2 Å². The summed E-state index contributed by atoms with van der Waals surface area (Å²) in [4.78, 5) is 16.9. The van der Waals surface area contributed by atoms with Gasteiger partial charge >= 0.3 is 0 Å². The maximum Gasteiger partial charge on any atom is 0.246 e. The molecule has 0 aliphatic carbocycles. The fraction of sp³-hybridized carbons (Fsp3) is 0.192. The number of amides is 1. The van der Waals surface area contributed by atoms with Crippen LogP contribution in [0.3, 0.4) is 0 Å². The molecule has 0 aromatic heterocycles. The number of hydrogen-bond acceptors (Lipinski definition) is 2. The van der Waals surface area contributed by atoms with Gasteiger partial charge in [0.05, 0.1) is 6.04 Å². The lowest BCUT2D eigenvalue weighted by Gasteiger charge is -2.39. The number of nitrogens with zero attached hydrogens (tertiary/aromatic N) is 2. The maximum atomic E-state index is 13.0. The molecule has 0 saturated carbocycles. The van der Waals surface area contributed by atoms with Gasteiger partial charge in [0.1, 0.15) is 5.82 Å². The van der Waals surface area contributed by atoms with Crippen LogP contribution in [0.25, 0.3) is 6.08 Å². The van der Waals surface area contributed by atoms with Gasteiger partial charge in [0.25, 0.3) is 0 Å². The molecule has 0 N–H and O–H groups in total. The third-order valence-corrected chi connectivity index (χ3v) is 5.51. The Morgan fingerprint density at radius 2 is 1.30 bits per heavy atom. The lowest BCUT2D eigenvalue weighted by molar-refractivity contribution is -0.127. The second-order valence-electron chi connectivity index (χ2n) is 7.47. The highest BCUT2D eigenvalue weighted by atomic mass is 19.1. The van der Waals surface area contributed by atoms with E-state index >= 15 is 0 Å². The summed E-state index contributed by atoms with van der Waals surface area (Å²) in [7, 11) is 0. The average molecular weight is 400 g/mol. The molecule has 1 amide bonds. The summed E-state index contributed by atoms with van der Waals surface area (Å²) in [6.07, 6.45) is 3.32. The van der Waals surface area contributed by atoms with Crippen molar-refractivity contribution in [3.63, 3.8) is 0 Å². The molecule has 4 rings (SSSR count). The van der Waals surface area contributed by atoms with Gasteiger partial charge in [-0.2, -0.15) is 0 Å². The molecule has 152 valence electrons. The first-order valence-corrected chi connectivity index (χ1v) is 10.3. The van der Waals surface area contributed by atoms with Crippen LogP contribution in [0.5, 0.6) is 0 Å². The van der Waals surface area contributed by atoms with E-state index in [-0.39, 0.29) is 17.8 Å². The number of rotatable bonds is 5. The van der Waals surface area contributed by atoms with Crippen LogP contribution in [-0.4, -0.2) is 41.9 Å². The molecule has 0 unspecified atom stereocenters. The predicted molar refractivity (Wildman–Crippen MR) is 118 cm³/mol. The van der Waals surface area contributed by atoms with Gasteiger partial charge < -0.3 is 4.90 Å². The minimum absolute atomic E-state index is 0.00468. The molecule has 0 spiro atoms. The Morgan fingerprint density at radius 1 is 0.767 bits per heavy atom. The Balaban J connectivity index is 1.43. The summed E-state index contributed by atoms with van der Waals surface area (Å²) in [5.41, 5.74) is 3.34. The van der Waals surface area contributed by atoms with E-state index in [9.17, 15) is 9.18 Å². The van der Waals surface area contributed by atoms with Crippen molar-refractivity contribution < 1.29 is 9.18 Å². The second kappa shape index (κ2) is 9.51. The van der Waals surface area contributed by atoms with Crippen molar-refractivity contribution in [3.8, 4) is 0 Å². The first-order chi connectivity index (χ1) is 14.7. The largest absolute Gasteiger partial charge is 0.337 e. The topological polar surface area (TPSA) is 23.6 Å². The van der Waals surface area contributed by atoms with Gasteiger partial charge in [0.15, 0.2) is 0 Å². The number of piperazine rings is 1. The van der Waals surface area contributed by atoms with E-state index in [0.717, 1.165) is 18.7 Å². The lowest BCUT2D eigenvalue weighted by atomic mass is 9.96. The van der Waals surface area contributed by atoms with E-state index in [1.807, 2.05) is 17.0 Å². The van der Waals surface area contributed by atoms with Crippen molar-refractivity contribution in [1.29, 1.82) is 0 Å². The maximum absolute atomic E-state index is 13.0. The Labute approximate surface area is 177 Å². The molecular weight excluding hydrogens is 375 g/mol. The van der Waals surface area contributed by atoms with E-state index in [4.69, 9.17) is 0 Å². The summed E-state index contributed by atoms with van der Waals surface area (Å²) < 4.78 is 13.0. The SMILES string of the molecule is O=C(C=Cc1ccc(F)cc1)N1CCN(C(c2ccccc2)c2ccccc2)CC1. The molecule has 30 heavy (non-hydrogen) atoms. The zero-order chi connectivity index (χ0) is 20.8. The number of benzene rings is 3. The highest BCUT2D eigenvalue weighted by Crippen LogP contribution is 2.29. The normalized spacial score (nSPS) is 15.1. The molecule has 3 aromatic carbocycles. The zero-order valence-electron chi connectivity index (χ0n) is 16.8. The summed E-state index contributed by atoms with van der Waals surface area (Å²) in [5.74, 6) is -0.282. The molecule has 1 fully saturated rings. The van der Waals surface area contributed by atoms with Gasteiger partial charge in [-0.05, 0) is 34.9 Å². The van der Waals surface area contributed by atoms with Crippen LogP contribution in [-0.2, 0) is 4.79 Å². The third kappa shape index (κ3) is 4.84. The molecule has 0 atom stereocenters. The van der Waals surface area contributed by atoms with Crippen molar-refractivity contribution in [2.45, 2.75) is 6.04 Å². The smallest absolute Gasteiger partial charge is 0.246 e. The van der Waals surface area contributed by atoms with Gasteiger partial charge in [-0.1, -0.05) is 72.8 Å². The summed E-state index contributed by atoms with van der Waals surface area (Å²) in [5, 5.41) is 0. The summed E-state index contributed by atoms with van der Waals surface area (Å²) >= 11 is 0. The van der Waals surface area contributed by atoms with Crippen molar-refractivity contribution in [1.82, 2.24) is 9.80 Å². The Morgan fingerprint density at radius 3 is 1.83 bits per heavy atom. The van der Waals surface area contributed by atoms with Gasteiger partial charge in [0.2, 0.25) is 5.91 Å². The lowest BCUT2D eigenvalue weighted by Crippen LogP contribution is -2.49. The fourth-order valence-electron chi connectivity index (χ4n) is 3.93. The zero-order valence-corrected chi connectivity index (χ0v) is 16.8. The number of hydrogen-bond donors (Lipinski definition) is 0. The highest BCUT2D eigenvalue weighted by Gasteiger charge is 2.27. The molecule has 0 radical (unpaired) electrons. The van der Waals surface area contributed by atoms with Crippen LogP contribution >= 0.6 is 0 Å². The monoisotopic (exact) mass is 400 g/mol. The van der Waals surface area contributed by atoms with Crippen LogP contribution in [0.1, 0.15) is 22.7 Å². The first-order valence-electron chi connectivity index (χ1n) is 10.3. The number of halogens is 1. The van der Waals surface area contributed by atoms with Crippen LogP contribution in [0.4, 0.5) is 4.39 Å².